The SMILES string of the molecule is O=C(Cc1ccccc1)NC1CCN(Cc2cccc(Oc3ccccc3OC(F)(F)F)c2)CC1. The summed E-state index contributed by atoms with van der Waals surface area (Å²) in [6.07, 6.45) is -2.70. The number of alkyl halides is 3. The molecule has 0 aliphatic carbocycles. The fraction of sp³-hybridized carbons (Fsp3) is 0.296. The molecule has 1 fully saturated rings. The van der Waals surface area contributed by atoms with E-state index in [0.717, 1.165) is 37.1 Å². The monoisotopic (exact) mass is 484 g/mol. The molecule has 1 amide bonds. The molecular weight excluding hydrogens is 457 g/mol. The van der Waals surface area contributed by atoms with Crippen molar-refractivity contribution >= 4 is 5.91 Å². The minimum absolute atomic E-state index is 0.00552. The smallest absolute Gasteiger partial charge is 0.453 e. The molecule has 1 aliphatic rings. The van der Waals surface area contributed by atoms with Crippen molar-refractivity contribution in [3.63, 3.8) is 0 Å². The first kappa shape index (κ1) is 24.6. The Bertz CT molecular complexity index is 1110. The van der Waals surface area contributed by atoms with Crippen LogP contribution in [0.15, 0.2) is 78.9 Å². The number of piperidine rings is 1. The zero-order valence-electron chi connectivity index (χ0n) is 19.1. The van der Waals surface area contributed by atoms with E-state index in [-0.39, 0.29) is 23.4 Å². The fourth-order valence-corrected chi connectivity index (χ4v) is 4.13. The summed E-state index contributed by atoms with van der Waals surface area (Å²) >= 11 is 0. The summed E-state index contributed by atoms with van der Waals surface area (Å²) in [5.74, 6) is 0.0777. The van der Waals surface area contributed by atoms with E-state index in [1.165, 1.54) is 18.2 Å². The lowest BCUT2D eigenvalue weighted by molar-refractivity contribution is -0.275. The minimum atomic E-state index is -4.80. The highest BCUT2D eigenvalue weighted by Gasteiger charge is 2.32. The third-order valence-corrected chi connectivity index (χ3v) is 5.77. The number of benzene rings is 3. The number of hydrogen-bond donors (Lipinski definition) is 1. The highest BCUT2D eigenvalue weighted by Crippen LogP contribution is 2.35. The Morgan fingerprint density at radius 1 is 0.886 bits per heavy atom. The lowest BCUT2D eigenvalue weighted by Gasteiger charge is -2.32. The van der Waals surface area contributed by atoms with Crippen molar-refractivity contribution in [2.75, 3.05) is 13.1 Å². The maximum atomic E-state index is 12.7. The van der Waals surface area contributed by atoms with Gasteiger partial charge in [0, 0.05) is 25.7 Å². The number of nitrogens with zero attached hydrogens (tertiary/aromatic N) is 1. The van der Waals surface area contributed by atoms with E-state index in [1.807, 2.05) is 48.5 Å². The van der Waals surface area contributed by atoms with E-state index >= 15 is 0 Å². The van der Waals surface area contributed by atoms with Crippen molar-refractivity contribution in [3.05, 3.63) is 90.0 Å². The van der Waals surface area contributed by atoms with Crippen molar-refractivity contribution in [3.8, 4) is 17.2 Å². The van der Waals surface area contributed by atoms with Crippen LogP contribution in [0.3, 0.4) is 0 Å². The number of amides is 1. The summed E-state index contributed by atoms with van der Waals surface area (Å²) < 4.78 is 47.8. The largest absolute Gasteiger partial charge is 0.573 e. The van der Waals surface area contributed by atoms with Crippen LogP contribution in [0.5, 0.6) is 17.2 Å². The van der Waals surface area contributed by atoms with Gasteiger partial charge in [0.05, 0.1) is 6.42 Å². The second kappa shape index (κ2) is 11.3. The maximum absolute atomic E-state index is 12.7. The minimum Gasteiger partial charge on any atom is -0.453 e. The lowest BCUT2D eigenvalue weighted by Crippen LogP contribution is -2.44. The van der Waals surface area contributed by atoms with Crippen LogP contribution in [0.2, 0.25) is 0 Å². The normalized spacial score (nSPS) is 14.9. The first-order chi connectivity index (χ1) is 16.8. The maximum Gasteiger partial charge on any atom is 0.573 e. The number of ether oxygens (including phenoxy) is 2. The quantitative estimate of drug-likeness (QED) is 0.446. The predicted molar refractivity (Wildman–Crippen MR) is 126 cm³/mol. The molecule has 0 aromatic heterocycles. The van der Waals surface area contributed by atoms with E-state index in [4.69, 9.17) is 4.74 Å². The van der Waals surface area contributed by atoms with E-state index in [2.05, 4.69) is 15.0 Å². The summed E-state index contributed by atoms with van der Waals surface area (Å²) in [6, 6.07) is 22.8. The van der Waals surface area contributed by atoms with Gasteiger partial charge in [-0.2, -0.15) is 0 Å². The van der Waals surface area contributed by atoms with E-state index in [9.17, 15) is 18.0 Å². The lowest BCUT2D eigenvalue weighted by atomic mass is 10.0. The molecule has 0 bridgehead atoms. The molecular formula is C27H27F3N2O3. The summed E-state index contributed by atoms with van der Waals surface area (Å²) in [7, 11) is 0. The van der Waals surface area contributed by atoms with Crippen LogP contribution in [-0.4, -0.2) is 36.3 Å². The molecule has 0 atom stereocenters. The van der Waals surface area contributed by atoms with Gasteiger partial charge in [0.25, 0.3) is 0 Å². The Labute approximate surface area is 202 Å². The van der Waals surface area contributed by atoms with Gasteiger partial charge >= 0.3 is 6.36 Å². The number of carbonyl (C=O) groups excluding carboxylic acids is 1. The van der Waals surface area contributed by atoms with Gasteiger partial charge in [0.1, 0.15) is 5.75 Å². The number of nitrogens with one attached hydrogen (secondary N) is 1. The molecule has 1 saturated heterocycles. The summed E-state index contributed by atoms with van der Waals surface area (Å²) in [6.45, 7) is 2.36. The Balaban J connectivity index is 1.28. The topological polar surface area (TPSA) is 50.8 Å². The molecule has 5 nitrogen and oxygen atoms in total. The average Bonchev–Trinajstić information content (AvgIpc) is 2.82. The third kappa shape index (κ3) is 7.75. The molecule has 4 rings (SSSR count). The number of carbonyl (C=O) groups is 1. The molecule has 0 spiro atoms. The molecule has 3 aromatic rings. The molecule has 8 heteroatoms. The molecule has 1 aliphatic heterocycles. The molecule has 1 heterocycles. The van der Waals surface area contributed by atoms with Gasteiger partial charge in [0.2, 0.25) is 5.91 Å². The highest BCUT2D eigenvalue weighted by atomic mass is 19.4. The zero-order valence-corrected chi connectivity index (χ0v) is 19.1. The Morgan fingerprint density at radius 3 is 2.26 bits per heavy atom. The average molecular weight is 485 g/mol. The van der Waals surface area contributed by atoms with E-state index < -0.39 is 6.36 Å². The fourth-order valence-electron chi connectivity index (χ4n) is 4.13. The van der Waals surface area contributed by atoms with Crippen LogP contribution >= 0.6 is 0 Å². The first-order valence-electron chi connectivity index (χ1n) is 11.5. The van der Waals surface area contributed by atoms with Crippen LogP contribution in [0.25, 0.3) is 0 Å². The van der Waals surface area contributed by atoms with E-state index in [0.29, 0.717) is 18.7 Å². The van der Waals surface area contributed by atoms with Crippen LogP contribution in [0.4, 0.5) is 13.2 Å². The van der Waals surface area contributed by atoms with Gasteiger partial charge < -0.3 is 14.8 Å². The van der Waals surface area contributed by atoms with Gasteiger partial charge in [0.15, 0.2) is 11.5 Å². The Kier molecular flexibility index (Phi) is 7.92. The van der Waals surface area contributed by atoms with Crippen molar-refractivity contribution in [1.82, 2.24) is 10.2 Å². The number of likely N-dealkylation sites (tertiary alicyclic amines) is 1. The van der Waals surface area contributed by atoms with Gasteiger partial charge in [-0.25, -0.2) is 0 Å². The summed E-state index contributed by atoms with van der Waals surface area (Å²) in [5, 5.41) is 3.13. The predicted octanol–water partition coefficient (Wildman–Crippen LogP) is 5.70. The number of rotatable bonds is 8. The second-order valence-electron chi connectivity index (χ2n) is 8.52. The Morgan fingerprint density at radius 2 is 1.54 bits per heavy atom. The summed E-state index contributed by atoms with van der Waals surface area (Å²) in [4.78, 5) is 14.6. The van der Waals surface area contributed by atoms with Crippen molar-refractivity contribution in [2.24, 2.45) is 0 Å². The van der Waals surface area contributed by atoms with Crippen LogP contribution in [0.1, 0.15) is 24.0 Å². The van der Waals surface area contributed by atoms with Crippen molar-refractivity contribution < 1.29 is 27.4 Å². The van der Waals surface area contributed by atoms with Crippen molar-refractivity contribution in [2.45, 2.75) is 38.2 Å². The van der Waals surface area contributed by atoms with Crippen molar-refractivity contribution in [1.29, 1.82) is 0 Å². The van der Waals surface area contributed by atoms with Crippen LogP contribution < -0.4 is 14.8 Å². The third-order valence-electron chi connectivity index (χ3n) is 5.77. The molecule has 0 radical (unpaired) electrons. The first-order valence-corrected chi connectivity index (χ1v) is 11.5. The molecule has 3 aromatic carbocycles. The van der Waals surface area contributed by atoms with Crippen LogP contribution in [0, 0.1) is 0 Å². The van der Waals surface area contributed by atoms with E-state index in [1.54, 1.807) is 12.1 Å². The van der Waals surface area contributed by atoms with Gasteiger partial charge in [-0.1, -0.05) is 54.6 Å². The van der Waals surface area contributed by atoms with Gasteiger partial charge in [-0.3, -0.25) is 9.69 Å². The van der Waals surface area contributed by atoms with Gasteiger partial charge in [-0.15, -0.1) is 13.2 Å². The zero-order chi connectivity index (χ0) is 24.7. The molecule has 35 heavy (non-hydrogen) atoms. The molecule has 184 valence electrons. The highest BCUT2D eigenvalue weighted by molar-refractivity contribution is 5.78. The molecule has 0 unspecified atom stereocenters. The number of halogens is 3. The number of hydrogen-bond acceptors (Lipinski definition) is 4. The standard InChI is InChI=1S/C27H27F3N2O3/c28-27(29,30)35-25-12-5-4-11-24(25)34-23-10-6-9-21(17-23)19-32-15-13-22(14-16-32)31-26(33)18-20-7-2-1-3-8-20/h1-12,17,22H,13-16,18-19H2,(H,31,33). The summed E-state index contributed by atoms with van der Waals surface area (Å²) in [5.41, 5.74) is 1.99. The Hall–Kier alpha value is -3.52. The van der Waals surface area contributed by atoms with Crippen LogP contribution in [-0.2, 0) is 17.8 Å². The molecule has 0 saturated carbocycles. The molecule has 1 N–H and O–H groups in total. The van der Waals surface area contributed by atoms with Gasteiger partial charge in [-0.05, 0) is 48.2 Å². The second-order valence-corrected chi connectivity index (χ2v) is 8.52. The number of para-hydroxylation sites is 2.